The normalized spacial score (nSPS) is 18.8. The molecule has 0 amide bonds. The van der Waals surface area contributed by atoms with Gasteiger partial charge in [0, 0.05) is 23.7 Å². The molecule has 1 atom stereocenters. The number of hydrogen-bond donors (Lipinski definition) is 2. The van der Waals surface area contributed by atoms with Crippen molar-refractivity contribution in [1.82, 2.24) is 10.3 Å². The average Bonchev–Trinajstić information content (AvgIpc) is 2.87. The van der Waals surface area contributed by atoms with Gasteiger partial charge < -0.3 is 11.1 Å². The second kappa shape index (κ2) is 3.64. The summed E-state index contributed by atoms with van der Waals surface area (Å²) in [5, 5.41) is 4.15. The Labute approximate surface area is 82.4 Å². The SMILES string of the molecule is CC(NCc1cnc(N)s1)C1CC1. The van der Waals surface area contributed by atoms with Crippen molar-refractivity contribution in [2.24, 2.45) is 5.92 Å². The summed E-state index contributed by atoms with van der Waals surface area (Å²) in [6.45, 7) is 3.16. The van der Waals surface area contributed by atoms with Crippen LogP contribution in [-0.4, -0.2) is 11.0 Å². The van der Waals surface area contributed by atoms with Crippen LogP contribution in [0.5, 0.6) is 0 Å². The van der Waals surface area contributed by atoms with Gasteiger partial charge in [0.25, 0.3) is 0 Å². The molecule has 0 spiro atoms. The topological polar surface area (TPSA) is 50.9 Å². The number of thiazole rings is 1. The quantitative estimate of drug-likeness (QED) is 0.771. The van der Waals surface area contributed by atoms with E-state index < -0.39 is 0 Å². The monoisotopic (exact) mass is 197 g/mol. The van der Waals surface area contributed by atoms with Crippen molar-refractivity contribution in [1.29, 1.82) is 0 Å². The van der Waals surface area contributed by atoms with E-state index in [2.05, 4.69) is 17.2 Å². The molecule has 0 aliphatic heterocycles. The lowest BCUT2D eigenvalue weighted by atomic mass is 10.2. The maximum absolute atomic E-state index is 5.54. The van der Waals surface area contributed by atoms with Crippen molar-refractivity contribution in [3.05, 3.63) is 11.1 Å². The van der Waals surface area contributed by atoms with Crippen LogP contribution >= 0.6 is 11.3 Å². The summed E-state index contributed by atoms with van der Waals surface area (Å²) in [7, 11) is 0. The van der Waals surface area contributed by atoms with E-state index >= 15 is 0 Å². The van der Waals surface area contributed by atoms with Crippen molar-refractivity contribution in [3.63, 3.8) is 0 Å². The van der Waals surface area contributed by atoms with E-state index in [0.29, 0.717) is 11.2 Å². The van der Waals surface area contributed by atoms with Gasteiger partial charge in [-0.3, -0.25) is 0 Å². The first kappa shape index (κ1) is 8.97. The highest BCUT2D eigenvalue weighted by molar-refractivity contribution is 7.15. The second-order valence-corrected chi connectivity index (χ2v) is 4.82. The van der Waals surface area contributed by atoms with Crippen LogP contribution in [0.2, 0.25) is 0 Å². The van der Waals surface area contributed by atoms with Gasteiger partial charge in [-0.15, -0.1) is 11.3 Å². The second-order valence-electron chi connectivity index (χ2n) is 3.67. The van der Waals surface area contributed by atoms with E-state index in [-0.39, 0.29) is 0 Å². The zero-order valence-corrected chi connectivity index (χ0v) is 8.60. The van der Waals surface area contributed by atoms with Crippen LogP contribution < -0.4 is 11.1 Å². The smallest absolute Gasteiger partial charge is 0.180 e. The minimum Gasteiger partial charge on any atom is -0.375 e. The molecule has 1 saturated carbocycles. The van der Waals surface area contributed by atoms with E-state index in [4.69, 9.17) is 5.73 Å². The first-order chi connectivity index (χ1) is 6.25. The van der Waals surface area contributed by atoms with Crippen LogP contribution in [0, 0.1) is 5.92 Å². The zero-order chi connectivity index (χ0) is 9.26. The summed E-state index contributed by atoms with van der Waals surface area (Å²) >= 11 is 1.57. The molecule has 72 valence electrons. The third-order valence-corrected chi connectivity index (χ3v) is 3.33. The molecule has 13 heavy (non-hydrogen) atoms. The predicted octanol–water partition coefficient (Wildman–Crippen LogP) is 1.61. The Morgan fingerprint density at radius 1 is 1.77 bits per heavy atom. The van der Waals surface area contributed by atoms with Crippen molar-refractivity contribution < 1.29 is 0 Å². The highest BCUT2D eigenvalue weighted by Crippen LogP contribution is 2.32. The van der Waals surface area contributed by atoms with Crippen LogP contribution in [-0.2, 0) is 6.54 Å². The molecule has 1 fully saturated rings. The van der Waals surface area contributed by atoms with E-state index in [1.54, 1.807) is 11.3 Å². The molecule has 1 aromatic rings. The van der Waals surface area contributed by atoms with Gasteiger partial charge in [0.2, 0.25) is 0 Å². The Bertz CT molecular complexity index is 280. The number of nitrogen functional groups attached to an aromatic ring is 1. The molecule has 0 radical (unpaired) electrons. The van der Waals surface area contributed by atoms with Crippen molar-refractivity contribution in [2.75, 3.05) is 5.73 Å². The van der Waals surface area contributed by atoms with E-state index in [1.807, 2.05) is 6.20 Å². The van der Waals surface area contributed by atoms with Crippen LogP contribution in [0.3, 0.4) is 0 Å². The van der Waals surface area contributed by atoms with Gasteiger partial charge in [-0.05, 0) is 25.7 Å². The fourth-order valence-electron chi connectivity index (χ4n) is 1.43. The summed E-state index contributed by atoms with van der Waals surface area (Å²) in [5.41, 5.74) is 5.54. The molecule has 1 unspecified atom stereocenters. The Morgan fingerprint density at radius 3 is 3.08 bits per heavy atom. The number of nitrogens with two attached hydrogens (primary N) is 1. The summed E-state index contributed by atoms with van der Waals surface area (Å²) in [4.78, 5) is 5.24. The predicted molar refractivity (Wildman–Crippen MR) is 55.6 cm³/mol. The first-order valence-corrected chi connectivity index (χ1v) is 5.51. The third-order valence-electron chi connectivity index (χ3n) is 2.50. The highest BCUT2D eigenvalue weighted by Gasteiger charge is 2.27. The Balaban J connectivity index is 1.78. The summed E-state index contributed by atoms with van der Waals surface area (Å²) in [6, 6.07) is 0.642. The Kier molecular flexibility index (Phi) is 2.51. The molecule has 0 bridgehead atoms. The molecular formula is C9H15N3S. The van der Waals surface area contributed by atoms with Gasteiger partial charge in [-0.1, -0.05) is 0 Å². The standard InChI is InChI=1S/C9H15N3S/c1-6(7-2-3-7)11-4-8-5-12-9(10)13-8/h5-7,11H,2-4H2,1H3,(H2,10,12). The number of hydrogen-bond acceptors (Lipinski definition) is 4. The molecule has 0 saturated heterocycles. The van der Waals surface area contributed by atoms with Crippen LogP contribution in [0.15, 0.2) is 6.20 Å². The summed E-state index contributed by atoms with van der Waals surface area (Å²) < 4.78 is 0. The minimum absolute atomic E-state index is 0.642. The number of nitrogens with zero attached hydrogens (tertiary/aromatic N) is 1. The molecule has 1 heterocycles. The van der Waals surface area contributed by atoms with E-state index in [1.165, 1.54) is 17.7 Å². The minimum atomic E-state index is 0.642. The third kappa shape index (κ3) is 2.42. The number of rotatable bonds is 4. The lowest BCUT2D eigenvalue weighted by Gasteiger charge is -2.10. The lowest BCUT2D eigenvalue weighted by Crippen LogP contribution is -2.26. The lowest BCUT2D eigenvalue weighted by molar-refractivity contribution is 0.498. The molecule has 2 rings (SSSR count). The molecule has 3 N–H and O–H groups in total. The average molecular weight is 197 g/mol. The van der Waals surface area contributed by atoms with Gasteiger partial charge in [0.05, 0.1) is 0 Å². The van der Waals surface area contributed by atoms with Crippen molar-refractivity contribution >= 4 is 16.5 Å². The van der Waals surface area contributed by atoms with Gasteiger partial charge in [-0.25, -0.2) is 4.98 Å². The molecular weight excluding hydrogens is 182 g/mol. The molecule has 4 heteroatoms. The molecule has 1 aliphatic carbocycles. The molecule has 3 nitrogen and oxygen atoms in total. The van der Waals surface area contributed by atoms with Crippen LogP contribution in [0.1, 0.15) is 24.6 Å². The summed E-state index contributed by atoms with van der Waals surface area (Å²) in [5.74, 6) is 0.908. The Hall–Kier alpha value is -0.610. The highest BCUT2D eigenvalue weighted by atomic mass is 32.1. The van der Waals surface area contributed by atoms with Crippen LogP contribution in [0.4, 0.5) is 5.13 Å². The molecule has 1 aliphatic rings. The van der Waals surface area contributed by atoms with Crippen molar-refractivity contribution in [2.45, 2.75) is 32.4 Å². The Morgan fingerprint density at radius 2 is 2.54 bits per heavy atom. The number of aromatic nitrogens is 1. The van der Waals surface area contributed by atoms with E-state index in [9.17, 15) is 0 Å². The fraction of sp³-hybridized carbons (Fsp3) is 0.667. The number of nitrogens with one attached hydrogen (secondary N) is 1. The maximum atomic E-state index is 5.54. The van der Waals surface area contributed by atoms with Gasteiger partial charge >= 0.3 is 0 Å². The van der Waals surface area contributed by atoms with Crippen molar-refractivity contribution in [3.8, 4) is 0 Å². The maximum Gasteiger partial charge on any atom is 0.180 e. The first-order valence-electron chi connectivity index (χ1n) is 4.69. The fourth-order valence-corrected chi connectivity index (χ4v) is 2.06. The molecule has 1 aromatic heterocycles. The van der Waals surface area contributed by atoms with Gasteiger partial charge in [-0.2, -0.15) is 0 Å². The molecule has 0 aromatic carbocycles. The van der Waals surface area contributed by atoms with Crippen LogP contribution in [0.25, 0.3) is 0 Å². The summed E-state index contributed by atoms with van der Waals surface area (Å²) in [6.07, 6.45) is 4.63. The van der Waals surface area contributed by atoms with E-state index in [0.717, 1.165) is 12.5 Å². The zero-order valence-electron chi connectivity index (χ0n) is 7.79. The number of anilines is 1. The van der Waals surface area contributed by atoms with Gasteiger partial charge in [0.1, 0.15) is 0 Å². The largest absolute Gasteiger partial charge is 0.375 e. The van der Waals surface area contributed by atoms with Gasteiger partial charge in [0.15, 0.2) is 5.13 Å².